The Morgan fingerprint density at radius 1 is 1.33 bits per heavy atom. The molecule has 1 N–H and O–H groups in total. The molecule has 1 heterocycles. The average molecular weight is 246 g/mol. The number of hydrogen-bond acceptors (Lipinski definition) is 2. The van der Waals surface area contributed by atoms with Crippen molar-refractivity contribution in [2.45, 2.75) is 53.0 Å². The quantitative estimate of drug-likeness (QED) is 0.862. The molecule has 3 atom stereocenters. The predicted molar refractivity (Wildman–Crippen MR) is 77.7 cm³/mol. The topological polar surface area (TPSA) is 24.9 Å². The minimum atomic E-state index is 0.608. The third-order valence-corrected chi connectivity index (χ3v) is 4.40. The Morgan fingerprint density at radius 3 is 2.78 bits per heavy atom. The summed E-state index contributed by atoms with van der Waals surface area (Å²) >= 11 is 0. The molecule has 2 rings (SSSR count). The van der Waals surface area contributed by atoms with Crippen LogP contribution in [0.2, 0.25) is 0 Å². The minimum Gasteiger partial charge on any atom is -0.381 e. The minimum absolute atomic E-state index is 0.608. The molecule has 18 heavy (non-hydrogen) atoms. The van der Waals surface area contributed by atoms with E-state index >= 15 is 0 Å². The molecule has 2 heteroatoms. The van der Waals surface area contributed by atoms with E-state index in [-0.39, 0.29) is 0 Å². The van der Waals surface area contributed by atoms with Crippen LogP contribution in [0.25, 0.3) is 0 Å². The first-order chi connectivity index (χ1) is 8.58. The molecule has 0 radical (unpaired) electrons. The van der Waals surface area contributed by atoms with Gasteiger partial charge in [-0.25, -0.2) is 0 Å². The fraction of sp³-hybridized carbons (Fsp3) is 0.688. The summed E-state index contributed by atoms with van der Waals surface area (Å²) in [4.78, 5) is 4.24. The molecule has 3 unspecified atom stereocenters. The van der Waals surface area contributed by atoms with Gasteiger partial charge in [-0.05, 0) is 49.1 Å². The summed E-state index contributed by atoms with van der Waals surface area (Å²) in [6, 6.07) is 2.69. The monoisotopic (exact) mass is 246 g/mol. The van der Waals surface area contributed by atoms with Gasteiger partial charge in [-0.1, -0.05) is 27.2 Å². The Bertz CT molecular complexity index is 386. The maximum atomic E-state index is 4.24. The lowest BCUT2D eigenvalue weighted by Crippen LogP contribution is -2.38. The van der Waals surface area contributed by atoms with Gasteiger partial charge in [-0.3, -0.25) is 4.98 Å². The average Bonchev–Trinajstić information content (AvgIpc) is 2.32. The Hall–Kier alpha value is -1.05. The van der Waals surface area contributed by atoms with Crippen LogP contribution in [0.5, 0.6) is 0 Å². The Labute approximate surface area is 111 Å². The van der Waals surface area contributed by atoms with E-state index in [0.717, 1.165) is 17.8 Å². The van der Waals surface area contributed by atoms with Crippen molar-refractivity contribution in [3.63, 3.8) is 0 Å². The molecule has 0 amide bonds. The molecule has 0 aliphatic heterocycles. The number of rotatable bonds is 3. The molecule has 1 aromatic heterocycles. The van der Waals surface area contributed by atoms with Crippen molar-refractivity contribution in [2.75, 3.05) is 5.32 Å². The van der Waals surface area contributed by atoms with Gasteiger partial charge in [-0.15, -0.1) is 0 Å². The molecular weight excluding hydrogens is 220 g/mol. The van der Waals surface area contributed by atoms with Crippen LogP contribution in [-0.2, 0) is 0 Å². The van der Waals surface area contributed by atoms with Crippen molar-refractivity contribution >= 4 is 5.69 Å². The largest absolute Gasteiger partial charge is 0.381 e. The van der Waals surface area contributed by atoms with E-state index in [1.54, 1.807) is 0 Å². The van der Waals surface area contributed by atoms with Crippen LogP contribution in [0.4, 0.5) is 5.69 Å². The lowest BCUT2D eigenvalue weighted by Gasteiger charge is -2.38. The van der Waals surface area contributed by atoms with Crippen LogP contribution in [-0.4, -0.2) is 11.0 Å². The summed E-state index contributed by atoms with van der Waals surface area (Å²) in [5.41, 5.74) is 2.51. The van der Waals surface area contributed by atoms with Crippen molar-refractivity contribution < 1.29 is 0 Å². The molecule has 0 saturated heterocycles. The van der Waals surface area contributed by atoms with E-state index in [1.165, 1.54) is 30.5 Å². The highest BCUT2D eigenvalue weighted by Crippen LogP contribution is 2.35. The zero-order valence-electron chi connectivity index (χ0n) is 12.1. The van der Waals surface area contributed by atoms with Crippen molar-refractivity contribution in [1.82, 2.24) is 4.98 Å². The van der Waals surface area contributed by atoms with Crippen LogP contribution >= 0.6 is 0 Å². The standard InChI is InChI=1S/C16H26N2/c1-11(2)14-6-5-12(3)9-15(14)18-16-10-17-8-7-13(16)4/h7-8,10-12,14-15,18H,5-6,9H2,1-4H3. The van der Waals surface area contributed by atoms with Gasteiger partial charge in [-0.2, -0.15) is 0 Å². The van der Waals surface area contributed by atoms with Crippen LogP contribution in [0.15, 0.2) is 18.5 Å². The summed E-state index contributed by atoms with van der Waals surface area (Å²) in [7, 11) is 0. The lowest BCUT2D eigenvalue weighted by molar-refractivity contribution is 0.212. The third kappa shape index (κ3) is 3.04. The predicted octanol–water partition coefficient (Wildman–Crippen LogP) is 4.26. The van der Waals surface area contributed by atoms with E-state index in [2.05, 4.69) is 44.1 Å². The van der Waals surface area contributed by atoms with Crippen LogP contribution in [0.3, 0.4) is 0 Å². The van der Waals surface area contributed by atoms with Gasteiger partial charge in [0.25, 0.3) is 0 Å². The number of nitrogens with one attached hydrogen (secondary N) is 1. The van der Waals surface area contributed by atoms with Gasteiger partial charge in [0.15, 0.2) is 0 Å². The fourth-order valence-corrected chi connectivity index (χ4v) is 3.18. The Balaban J connectivity index is 2.11. The summed E-state index contributed by atoms with van der Waals surface area (Å²) in [5.74, 6) is 2.39. The van der Waals surface area contributed by atoms with Gasteiger partial charge < -0.3 is 5.32 Å². The van der Waals surface area contributed by atoms with Gasteiger partial charge in [0.1, 0.15) is 0 Å². The first-order valence-corrected chi connectivity index (χ1v) is 7.25. The first-order valence-electron chi connectivity index (χ1n) is 7.25. The SMILES string of the molecule is Cc1ccncc1NC1CC(C)CCC1C(C)C. The number of nitrogens with zero attached hydrogens (tertiary/aromatic N) is 1. The van der Waals surface area contributed by atoms with E-state index in [9.17, 15) is 0 Å². The summed E-state index contributed by atoms with van der Waals surface area (Å²) in [6.45, 7) is 9.23. The second-order valence-electron chi connectivity index (χ2n) is 6.27. The molecule has 1 saturated carbocycles. The number of pyridine rings is 1. The molecule has 0 aromatic carbocycles. The van der Waals surface area contributed by atoms with Gasteiger partial charge in [0.05, 0.1) is 11.9 Å². The fourth-order valence-electron chi connectivity index (χ4n) is 3.18. The second-order valence-corrected chi connectivity index (χ2v) is 6.27. The maximum absolute atomic E-state index is 4.24. The molecular formula is C16H26N2. The normalized spacial score (nSPS) is 28.4. The number of hydrogen-bond donors (Lipinski definition) is 1. The van der Waals surface area contributed by atoms with Crippen molar-refractivity contribution in [1.29, 1.82) is 0 Å². The zero-order chi connectivity index (χ0) is 13.1. The van der Waals surface area contributed by atoms with E-state index in [4.69, 9.17) is 0 Å². The summed E-state index contributed by atoms with van der Waals surface area (Å²) in [5, 5.41) is 3.75. The highest BCUT2D eigenvalue weighted by molar-refractivity contribution is 5.48. The summed E-state index contributed by atoms with van der Waals surface area (Å²) < 4.78 is 0. The van der Waals surface area contributed by atoms with Gasteiger partial charge in [0, 0.05) is 12.2 Å². The molecule has 0 bridgehead atoms. The van der Waals surface area contributed by atoms with E-state index in [1.807, 2.05) is 12.4 Å². The van der Waals surface area contributed by atoms with Crippen molar-refractivity contribution in [2.24, 2.45) is 17.8 Å². The van der Waals surface area contributed by atoms with E-state index < -0.39 is 0 Å². The molecule has 2 nitrogen and oxygen atoms in total. The number of anilines is 1. The van der Waals surface area contributed by atoms with E-state index in [0.29, 0.717) is 6.04 Å². The third-order valence-electron chi connectivity index (χ3n) is 4.40. The smallest absolute Gasteiger partial charge is 0.0558 e. The molecule has 1 aliphatic rings. The maximum Gasteiger partial charge on any atom is 0.0558 e. The molecule has 1 fully saturated rings. The first kappa shape index (κ1) is 13.4. The molecule has 0 spiro atoms. The lowest BCUT2D eigenvalue weighted by atomic mass is 9.74. The molecule has 1 aliphatic carbocycles. The van der Waals surface area contributed by atoms with Crippen LogP contribution in [0, 0.1) is 24.7 Å². The van der Waals surface area contributed by atoms with Gasteiger partial charge in [0.2, 0.25) is 0 Å². The van der Waals surface area contributed by atoms with Crippen LogP contribution in [0.1, 0.15) is 45.6 Å². The number of aryl methyl sites for hydroxylation is 1. The highest BCUT2D eigenvalue weighted by Gasteiger charge is 2.30. The summed E-state index contributed by atoms with van der Waals surface area (Å²) in [6.07, 6.45) is 7.86. The molecule has 100 valence electrons. The molecule has 1 aromatic rings. The zero-order valence-corrected chi connectivity index (χ0v) is 12.1. The van der Waals surface area contributed by atoms with Gasteiger partial charge >= 0.3 is 0 Å². The Morgan fingerprint density at radius 2 is 2.11 bits per heavy atom. The van der Waals surface area contributed by atoms with Crippen molar-refractivity contribution in [3.05, 3.63) is 24.0 Å². The second kappa shape index (κ2) is 5.73. The van der Waals surface area contributed by atoms with Crippen molar-refractivity contribution in [3.8, 4) is 0 Å². The highest BCUT2D eigenvalue weighted by atomic mass is 14.9. The number of aromatic nitrogens is 1. The van der Waals surface area contributed by atoms with Crippen LogP contribution < -0.4 is 5.32 Å². The Kier molecular flexibility index (Phi) is 4.26.